The highest BCUT2D eigenvalue weighted by molar-refractivity contribution is 5.93. The van der Waals surface area contributed by atoms with E-state index in [1.807, 2.05) is 13.8 Å². The minimum atomic E-state index is -0.507. The van der Waals surface area contributed by atoms with E-state index in [4.69, 9.17) is 24.7 Å². The fourth-order valence-electron chi connectivity index (χ4n) is 1.79. The molecule has 0 bridgehead atoms. The second kappa shape index (κ2) is 9.20. The predicted molar refractivity (Wildman–Crippen MR) is 78.7 cm³/mol. The molecule has 0 radical (unpaired) electrons. The lowest BCUT2D eigenvalue weighted by Gasteiger charge is -2.17. The Bertz CT molecular complexity index is 444. The smallest absolute Gasteiger partial charge is 0.248 e. The number of amides is 1. The molecule has 0 aromatic heterocycles. The van der Waals surface area contributed by atoms with Crippen molar-refractivity contribution < 1.29 is 23.7 Å². The van der Waals surface area contributed by atoms with E-state index in [0.717, 1.165) is 0 Å². The molecule has 6 heteroatoms. The molecule has 0 saturated carbocycles. The van der Waals surface area contributed by atoms with Gasteiger partial charge < -0.3 is 24.7 Å². The fraction of sp³-hybridized carbons (Fsp3) is 0.533. The van der Waals surface area contributed by atoms with Crippen LogP contribution in [0.15, 0.2) is 18.2 Å². The van der Waals surface area contributed by atoms with Crippen LogP contribution in [0.5, 0.6) is 11.5 Å². The Hall–Kier alpha value is -1.79. The molecular weight excluding hydrogens is 274 g/mol. The van der Waals surface area contributed by atoms with Crippen molar-refractivity contribution in [1.82, 2.24) is 0 Å². The number of methoxy groups -OCH3 is 1. The van der Waals surface area contributed by atoms with Gasteiger partial charge in [0.15, 0.2) is 17.8 Å². The average Bonchev–Trinajstić information content (AvgIpc) is 2.47. The molecule has 1 rings (SSSR count). The van der Waals surface area contributed by atoms with Gasteiger partial charge in [-0.25, -0.2) is 0 Å². The minimum Gasteiger partial charge on any atom is -0.493 e. The maximum Gasteiger partial charge on any atom is 0.248 e. The van der Waals surface area contributed by atoms with Crippen LogP contribution in [0.3, 0.4) is 0 Å². The lowest BCUT2D eigenvalue weighted by molar-refractivity contribution is -0.142. The van der Waals surface area contributed by atoms with Gasteiger partial charge in [0.2, 0.25) is 5.91 Å². The van der Waals surface area contributed by atoms with Crippen LogP contribution in [0.2, 0.25) is 0 Å². The van der Waals surface area contributed by atoms with Crippen molar-refractivity contribution in [3.8, 4) is 11.5 Å². The quantitative estimate of drug-likeness (QED) is 0.668. The zero-order valence-electron chi connectivity index (χ0n) is 12.8. The number of ether oxygens (including phenoxy) is 4. The maximum atomic E-state index is 11.1. The standard InChI is InChI=1S/C15H23NO5/c1-4-19-14(20-5-2)8-9-21-12-7-6-11(15(16)17)10-13(12)18-3/h6-7,10,14H,4-5,8-9H2,1-3H3,(H2,16,17). The molecule has 118 valence electrons. The van der Waals surface area contributed by atoms with Crippen molar-refractivity contribution in [3.63, 3.8) is 0 Å². The van der Waals surface area contributed by atoms with E-state index in [1.165, 1.54) is 7.11 Å². The molecular formula is C15H23NO5. The van der Waals surface area contributed by atoms with E-state index in [9.17, 15) is 4.79 Å². The summed E-state index contributed by atoms with van der Waals surface area (Å²) in [5.41, 5.74) is 5.60. The Balaban J connectivity index is 2.60. The highest BCUT2D eigenvalue weighted by Gasteiger charge is 2.11. The second-order valence-corrected chi connectivity index (χ2v) is 4.21. The van der Waals surface area contributed by atoms with Crippen LogP contribution in [0.4, 0.5) is 0 Å². The SMILES string of the molecule is CCOC(CCOc1ccc(C(N)=O)cc1OC)OCC. The predicted octanol–water partition coefficient (Wildman–Crippen LogP) is 1.96. The third-order valence-corrected chi connectivity index (χ3v) is 2.76. The van der Waals surface area contributed by atoms with Crippen LogP contribution in [-0.2, 0) is 9.47 Å². The highest BCUT2D eigenvalue weighted by atomic mass is 16.7. The van der Waals surface area contributed by atoms with E-state index in [1.54, 1.807) is 18.2 Å². The van der Waals surface area contributed by atoms with Gasteiger partial charge in [-0.05, 0) is 32.0 Å². The number of carbonyl (C=O) groups excluding carboxylic acids is 1. The van der Waals surface area contributed by atoms with E-state index in [-0.39, 0.29) is 6.29 Å². The third kappa shape index (κ3) is 5.61. The van der Waals surface area contributed by atoms with Crippen LogP contribution in [0.1, 0.15) is 30.6 Å². The molecule has 1 aromatic carbocycles. The van der Waals surface area contributed by atoms with Gasteiger partial charge in [-0.3, -0.25) is 4.79 Å². The van der Waals surface area contributed by atoms with Crippen LogP contribution in [0.25, 0.3) is 0 Å². The lowest BCUT2D eigenvalue weighted by atomic mass is 10.2. The van der Waals surface area contributed by atoms with Crippen LogP contribution in [0, 0.1) is 0 Å². The molecule has 0 aliphatic heterocycles. The number of hydrogen-bond acceptors (Lipinski definition) is 5. The van der Waals surface area contributed by atoms with Crippen molar-refractivity contribution in [3.05, 3.63) is 23.8 Å². The molecule has 0 aliphatic carbocycles. The minimum absolute atomic E-state index is 0.282. The topological polar surface area (TPSA) is 80.0 Å². The lowest BCUT2D eigenvalue weighted by Crippen LogP contribution is -2.20. The highest BCUT2D eigenvalue weighted by Crippen LogP contribution is 2.28. The number of rotatable bonds is 10. The Labute approximate surface area is 125 Å². The zero-order valence-corrected chi connectivity index (χ0v) is 12.8. The fourth-order valence-corrected chi connectivity index (χ4v) is 1.79. The first-order valence-electron chi connectivity index (χ1n) is 6.96. The van der Waals surface area contributed by atoms with Gasteiger partial charge in [0.1, 0.15) is 0 Å². The molecule has 0 heterocycles. The van der Waals surface area contributed by atoms with Gasteiger partial charge in [-0.15, -0.1) is 0 Å². The van der Waals surface area contributed by atoms with Gasteiger partial charge in [0.25, 0.3) is 0 Å². The summed E-state index contributed by atoms with van der Waals surface area (Å²) in [5.74, 6) is 0.512. The normalized spacial score (nSPS) is 10.7. The Kier molecular flexibility index (Phi) is 7.56. The number of benzene rings is 1. The number of primary amides is 1. The second-order valence-electron chi connectivity index (χ2n) is 4.21. The van der Waals surface area contributed by atoms with Gasteiger partial charge in [-0.2, -0.15) is 0 Å². The first-order chi connectivity index (χ1) is 10.1. The molecule has 0 saturated heterocycles. The van der Waals surface area contributed by atoms with Crippen molar-refractivity contribution >= 4 is 5.91 Å². The summed E-state index contributed by atoms with van der Waals surface area (Å²) in [4.78, 5) is 11.1. The monoisotopic (exact) mass is 297 g/mol. The van der Waals surface area contributed by atoms with E-state index >= 15 is 0 Å². The maximum absolute atomic E-state index is 11.1. The summed E-state index contributed by atoms with van der Waals surface area (Å²) in [6.45, 7) is 5.41. The van der Waals surface area contributed by atoms with Crippen molar-refractivity contribution in [2.24, 2.45) is 5.73 Å². The first-order valence-corrected chi connectivity index (χ1v) is 6.96. The molecule has 0 unspecified atom stereocenters. The Morgan fingerprint density at radius 2 is 1.86 bits per heavy atom. The summed E-state index contributed by atoms with van der Waals surface area (Å²) in [6.07, 6.45) is 0.318. The zero-order chi connectivity index (χ0) is 15.7. The summed E-state index contributed by atoms with van der Waals surface area (Å²) < 4.78 is 21.7. The summed E-state index contributed by atoms with van der Waals surface area (Å²) >= 11 is 0. The third-order valence-electron chi connectivity index (χ3n) is 2.76. The molecule has 21 heavy (non-hydrogen) atoms. The molecule has 0 aliphatic rings. The molecule has 1 amide bonds. The number of carbonyl (C=O) groups is 1. The van der Waals surface area contributed by atoms with Crippen LogP contribution < -0.4 is 15.2 Å². The van der Waals surface area contributed by atoms with Gasteiger partial charge in [0, 0.05) is 25.2 Å². The summed E-state index contributed by atoms with van der Waals surface area (Å²) in [6, 6.07) is 4.82. The first kappa shape index (κ1) is 17.3. The van der Waals surface area contributed by atoms with Gasteiger partial charge in [0.05, 0.1) is 13.7 Å². The molecule has 0 atom stereocenters. The van der Waals surface area contributed by atoms with Crippen molar-refractivity contribution in [1.29, 1.82) is 0 Å². The van der Waals surface area contributed by atoms with Crippen molar-refractivity contribution in [2.45, 2.75) is 26.6 Å². The molecule has 2 N–H and O–H groups in total. The van der Waals surface area contributed by atoms with Crippen LogP contribution in [-0.4, -0.2) is 39.1 Å². The largest absolute Gasteiger partial charge is 0.493 e. The number of nitrogens with two attached hydrogens (primary N) is 1. The summed E-state index contributed by atoms with van der Waals surface area (Å²) in [7, 11) is 1.51. The van der Waals surface area contributed by atoms with Gasteiger partial charge in [-0.1, -0.05) is 0 Å². The molecule has 0 fully saturated rings. The number of hydrogen-bond donors (Lipinski definition) is 1. The molecule has 1 aromatic rings. The Morgan fingerprint density at radius 1 is 1.19 bits per heavy atom. The van der Waals surface area contributed by atoms with E-state index < -0.39 is 5.91 Å². The van der Waals surface area contributed by atoms with Gasteiger partial charge >= 0.3 is 0 Å². The summed E-state index contributed by atoms with van der Waals surface area (Å²) in [5, 5.41) is 0. The van der Waals surface area contributed by atoms with Crippen LogP contribution >= 0.6 is 0 Å². The van der Waals surface area contributed by atoms with Crippen molar-refractivity contribution in [2.75, 3.05) is 26.9 Å². The Morgan fingerprint density at radius 3 is 2.38 bits per heavy atom. The van der Waals surface area contributed by atoms with E-state index in [0.29, 0.717) is 43.3 Å². The average molecular weight is 297 g/mol. The molecule has 0 spiro atoms. The molecule has 6 nitrogen and oxygen atoms in total. The van der Waals surface area contributed by atoms with E-state index in [2.05, 4.69) is 0 Å².